The molecule has 3 rings (SSSR count). The maximum Gasteiger partial charge on any atom is 0.265 e. The smallest absolute Gasteiger partial charge is 0.265 e. The number of halogens is 1. The molecule has 0 aliphatic heterocycles. The summed E-state index contributed by atoms with van der Waals surface area (Å²) in [6.07, 6.45) is 4.57. The van der Waals surface area contributed by atoms with Crippen LogP contribution in [-0.2, 0) is 12.8 Å². The van der Waals surface area contributed by atoms with Crippen molar-refractivity contribution < 1.29 is 9.90 Å². The first-order chi connectivity index (χ1) is 9.63. The normalized spacial score (nSPS) is 13.8. The number of carbonyl (C=O) groups excluding carboxylic acids is 1. The maximum absolute atomic E-state index is 12.2. The molecule has 0 spiro atoms. The summed E-state index contributed by atoms with van der Waals surface area (Å²) in [7, 11) is 0. The third kappa shape index (κ3) is 2.67. The second-order valence-electron chi connectivity index (χ2n) is 4.89. The predicted octanol–water partition coefficient (Wildman–Crippen LogP) is 4.24. The summed E-state index contributed by atoms with van der Waals surface area (Å²) in [5, 5.41) is 12.4. The number of fused-ring (bicyclic) bond motifs is 1. The molecular weight excluding hydrogens is 294 g/mol. The number of carbonyl (C=O) groups is 1. The van der Waals surface area contributed by atoms with Crippen molar-refractivity contribution in [1.82, 2.24) is 0 Å². The molecular formula is C15H14ClNO2S. The van der Waals surface area contributed by atoms with E-state index in [1.54, 1.807) is 23.5 Å². The Balaban J connectivity index is 1.78. The molecule has 0 atom stereocenters. The first kappa shape index (κ1) is 13.5. The molecule has 0 saturated carbocycles. The summed E-state index contributed by atoms with van der Waals surface area (Å²) in [5.41, 5.74) is 1.90. The quantitative estimate of drug-likeness (QED) is 0.815. The zero-order valence-corrected chi connectivity index (χ0v) is 12.4. The number of hydrogen-bond donors (Lipinski definition) is 2. The van der Waals surface area contributed by atoms with E-state index in [1.807, 2.05) is 6.07 Å². The van der Waals surface area contributed by atoms with Gasteiger partial charge in [-0.1, -0.05) is 11.6 Å². The van der Waals surface area contributed by atoms with Gasteiger partial charge in [0.2, 0.25) is 0 Å². The van der Waals surface area contributed by atoms with E-state index in [0.29, 0.717) is 5.69 Å². The van der Waals surface area contributed by atoms with Crippen LogP contribution in [-0.4, -0.2) is 11.0 Å². The third-order valence-corrected chi connectivity index (χ3v) is 4.96. The molecule has 104 valence electrons. The van der Waals surface area contributed by atoms with E-state index in [4.69, 9.17) is 11.6 Å². The van der Waals surface area contributed by atoms with Crippen molar-refractivity contribution in [1.29, 1.82) is 0 Å². The van der Waals surface area contributed by atoms with Gasteiger partial charge in [-0.2, -0.15) is 0 Å². The molecule has 1 aliphatic rings. The van der Waals surface area contributed by atoms with Crippen molar-refractivity contribution in [3.8, 4) is 5.75 Å². The van der Waals surface area contributed by atoms with Crippen molar-refractivity contribution in [3.05, 3.63) is 44.6 Å². The minimum Gasteiger partial charge on any atom is -0.506 e. The number of phenolic OH excluding ortho intramolecular Hbond substituents is 1. The highest BCUT2D eigenvalue weighted by Crippen LogP contribution is 2.31. The number of aromatic hydroxyl groups is 1. The van der Waals surface area contributed by atoms with Gasteiger partial charge < -0.3 is 10.4 Å². The molecule has 0 fully saturated rings. The molecule has 1 heterocycles. The highest BCUT2D eigenvalue weighted by Gasteiger charge is 2.17. The van der Waals surface area contributed by atoms with Crippen molar-refractivity contribution in [2.24, 2.45) is 0 Å². The Labute approximate surface area is 126 Å². The van der Waals surface area contributed by atoms with E-state index in [-0.39, 0.29) is 16.7 Å². The fourth-order valence-corrected chi connectivity index (χ4v) is 3.71. The van der Waals surface area contributed by atoms with Gasteiger partial charge in [-0.05, 0) is 55.5 Å². The molecule has 1 aliphatic carbocycles. The monoisotopic (exact) mass is 307 g/mol. The molecule has 2 N–H and O–H groups in total. The second-order valence-corrected chi connectivity index (χ2v) is 6.43. The highest BCUT2D eigenvalue weighted by molar-refractivity contribution is 7.14. The summed E-state index contributed by atoms with van der Waals surface area (Å²) in [5.74, 6) is -0.109. The summed E-state index contributed by atoms with van der Waals surface area (Å²) >= 11 is 7.40. The fraction of sp³-hybridized carbons (Fsp3) is 0.267. The standard InChI is InChI=1S/C15H14ClNO2S/c16-11-8-10(5-6-12(11)18)17-15(19)14-7-9-3-1-2-4-13(9)20-14/h5-8,18H,1-4H2,(H,17,19). The lowest BCUT2D eigenvalue weighted by molar-refractivity contribution is 0.103. The second kappa shape index (κ2) is 5.46. The Kier molecular flexibility index (Phi) is 3.68. The lowest BCUT2D eigenvalue weighted by Crippen LogP contribution is -2.09. The van der Waals surface area contributed by atoms with Gasteiger partial charge in [0.05, 0.1) is 9.90 Å². The number of phenols is 1. The van der Waals surface area contributed by atoms with Gasteiger partial charge in [0.15, 0.2) is 0 Å². The summed E-state index contributed by atoms with van der Waals surface area (Å²) in [4.78, 5) is 14.3. The van der Waals surface area contributed by atoms with Crippen LogP contribution in [0.4, 0.5) is 5.69 Å². The summed E-state index contributed by atoms with van der Waals surface area (Å²) in [6, 6.07) is 6.64. The van der Waals surface area contributed by atoms with Crippen LogP contribution in [0.15, 0.2) is 24.3 Å². The first-order valence-corrected chi connectivity index (χ1v) is 7.74. The van der Waals surface area contributed by atoms with Crippen molar-refractivity contribution in [2.45, 2.75) is 25.7 Å². The fourth-order valence-electron chi connectivity index (χ4n) is 2.38. The number of rotatable bonds is 2. The number of hydrogen-bond acceptors (Lipinski definition) is 3. The molecule has 2 aromatic rings. The van der Waals surface area contributed by atoms with Gasteiger partial charge in [0, 0.05) is 10.6 Å². The van der Waals surface area contributed by atoms with Gasteiger partial charge >= 0.3 is 0 Å². The topological polar surface area (TPSA) is 49.3 Å². The average Bonchev–Trinajstić information content (AvgIpc) is 2.87. The molecule has 0 bridgehead atoms. The Hall–Kier alpha value is -1.52. The molecule has 0 saturated heterocycles. The minimum atomic E-state index is -0.119. The first-order valence-electron chi connectivity index (χ1n) is 6.55. The van der Waals surface area contributed by atoms with Crippen LogP contribution in [0.25, 0.3) is 0 Å². The van der Waals surface area contributed by atoms with Gasteiger partial charge in [-0.15, -0.1) is 11.3 Å². The SMILES string of the molecule is O=C(Nc1ccc(O)c(Cl)c1)c1cc2c(s1)CCCC2. The lowest BCUT2D eigenvalue weighted by Gasteiger charge is -2.08. The van der Waals surface area contributed by atoms with Gasteiger partial charge in [-0.3, -0.25) is 4.79 Å². The van der Waals surface area contributed by atoms with E-state index < -0.39 is 0 Å². The Morgan fingerprint density at radius 1 is 1.25 bits per heavy atom. The molecule has 1 aromatic heterocycles. The summed E-state index contributed by atoms with van der Waals surface area (Å²) < 4.78 is 0. The Morgan fingerprint density at radius 3 is 2.80 bits per heavy atom. The van der Waals surface area contributed by atoms with E-state index in [1.165, 1.54) is 29.3 Å². The van der Waals surface area contributed by atoms with Crippen LogP contribution in [0, 0.1) is 0 Å². The Morgan fingerprint density at radius 2 is 2.05 bits per heavy atom. The molecule has 0 radical (unpaired) electrons. The highest BCUT2D eigenvalue weighted by atomic mass is 35.5. The average molecular weight is 308 g/mol. The minimum absolute atomic E-state index is 0.0104. The maximum atomic E-state index is 12.2. The zero-order chi connectivity index (χ0) is 14.1. The lowest BCUT2D eigenvalue weighted by atomic mass is 9.99. The van der Waals surface area contributed by atoms with E-state index in [0.717, 1.165) is 17.7 Å². The zero-order valence-electron chi connectivity index (χ0n) is 10.8. The van der Waals surface area contributed by atoms with Crippen molar-refractivity contribution >= 4 is 34.5 Å². The molecule has 3 nitrogen and oxygen atoms in total. The van der Waals surface area contributed by atoms with E-state index >= 15 is 0 Å². The number of aryl methyl sites for hydroxylation is 2. The molecule has 1 amide bonds. The number of anilines is 1. The van der Waals surface area contributed by atoms with Crippen LogP contribution < -0.4 is 5.32 Å². The van der Waals surface area contributed by atoms with Crippen molar-refractivity contribution in [3.63, 3.8) is 0 Å². The predicted molar refractivity (Wildman–Crippen MR) is 82.0 cm³/mol. The number of amides is 1. The molecule has 20 heavy (non-hydrogen) atoms. The van der Waals surface area contributed by atoms with Crippen LogP contribution in [0.5, 0.6) is 5.75 Å². The molecule has 5 heteroatoms. The van der Waals surface area contributed by atoms with Gasteiger partial charge in [0.25, 0.3) is 5.91 Å². The van der Waals surface area contributed by atoms with Crippen molar-refractivity contribution in [2.75, 3.05) is 5.32 Å². The molecule has 0 unspecified atom stereocenters. The van der Waals surface area contributed by atoms with E-state index in [9.17, 15) is 9.90 Å². The van der Waals surface area contributed by atoms with Crippen LogP contribution >= 0.6 is 22.9 Å². The summed E-state index contributed by atoms with van der Waals surface area (Å²) in [6.45, 7) is 0. The van der Waals surface area contributed by atoms with Gasteiger partial charge in [-0.25, -0.2) is 0 Å². The number of benzene rings is 1. The van der Waals surface area contributed by atoms with E-state index in [2.05, 4.69) is 5.32 Å². The molecule has 1 aromatic carbocycles. The number of thiophene rings is 1. The number of nitrogens with one attached hydrogen (secondary N) is 1. The van der Waals surface area contributed by atoms with Gasteiger partial charge in [0.1, 0.15) is 5.75 Å². The van der Waals surface area contributed by atoms with Crippen LogP contribution in [0.3, 0.4) is 0 Å². The van der Waals surface area contributed by atoms with Crippen LogP contribution in [0.2, 0.25) is 5.02 Å². The van der Waals surface area contributed by atoms with Crippen LogP contribution in [0.1, 0.15) is 33.0 Å². The third-order valence-electron chi connectivity index (χ3n) is 3.43. The Bertz CT molecular complexity index is 642. The largest absolute Gasteiger partial charge is 0.506 e.